The Hall–Kier alpha value is -1.55. The van der Waals surface area contributed by atoms with Gasteiger partial charge < -0.3 is 9.84 Å². The van der Waals surface area contributed by atoms with E-state index in [1.807, 2.05) is 0 Å². The number of rotatable bonds is 7. The number of nitrogens with zero attached hydrogens (tertiary/aromatic N) is 1. The monoisotopic (exact) mass is 277 g/mol. The normalized spacial score (nSPS) is 19.1. The third-order valence-electron chi connectivity index (χ3n) is 3.84. The molecule has 0 spiro atoms. The van der Waals surface area contributed by atoms with Crippen LogP contribution in [0.4, 0.5) is 0 Å². The largest absolute Gasteiger partial charge is 0.492 e. The maximum atomic E-state index is 10.7. The van der Waals surface area contributed by atoms with E-state index in [4.69, 9.17) is 9.84 Å². The van der Waals surface area contributed by atoms with Gasteiger partial charge in [-0.1, -0.05) is 13.3 Å². The molecule has 1 aromatic rings. The van der Waals surface area contributed by atoms with Gasteiger partial charge in [0.05, 0.1) is 5.56 Å². The second-order valence-corrected chi connectivity index (χ2v) is 5.42. The van der Waals surface area contributed by atoms with Crippen LogP contribution in [0.25, 0.3) is 0 Å². The van der Waals surface area contributed by atoms with E-state index in [0.29, 0.717) is 12.2 Å². The van der Waals surface area contributed by atoms with E-state index in [2.05, 4.69) is 11.8 Å². The molecule has 2 rings (SSSR count). The fraction of sp³-hybridized carbons (Fsp3) is 0.562. The first-order valence-corrected chi connectivity index (χ1v) is 7.37. The van der Waals surface area contributed by atoms with Crippen molar-refractivity contribution >= 4 is 5.97 Å². The van der Waals surface area contributed by atoms with Crippen LogP contribution in [0, 0.1) is 5.92 Å². The molecule has 4 heteroatoms. The van der Waals surface area contributed by atoms with Crippen LogP contribution in [0.15, 0.2) is 24.3 Å². The highest BCUT2D eigenvalue weighted by molar-refractivity contribution is 5.87. The standard InChI is InChI=1S/C16H23NO3/c1-2-3-13-8-9-17(12-13)10-11-20-15-6-4-14(5-7-15)16(18)19/h4-7,13H,2-3,8-12H2,1H3,(H,18,19). The van der Waals surface area contributed by atoms with Gasteiger partial charge in [-0.2, -0.15) is 0 Å². The van der Waals surface area contributed by atoms with Gasteiger partial charge in [-0.25, -0.2) is 4.79 Å². The van der Waals surface area contributed by atoms with Crippen LogP contribution < -0.4 is 4.74 Å². The average molecular weight is 277 g/mol. The summed E-state index contributed by atoms with van der Waals surface area (Å²) in [5.41, 5.74) is 0.291. The van der Waals surface area contributed by atoms with Crippen LogP contribution >= 0.6 is 0 Å². The first-order valence-electron chi connectivity index (χ1n) is 7.37. The number of aromatic carboxylic acids is 1. The molecule has 1 aliphatic heterocycles. The lowest BCUT2D eigenvalue weighted by molar-refractivity contribution is 0.0697. The third kappa shape index (κ3) is 4.23. The lowest BCUT2D eigenvalue weighted by Gasteiger charge is -2.16. The van der Waals surface area contributed by atoms with Crippen LogP contribution in [0.2, 0.25) is 0 Å². The van der Waals surface area contributed by atoms with Crippen LogP contribution in [0.3, 0.4) is 0 Å². The summed E-state index contributed by atoms with van der Waals surface area (Å²) in [6.07, 6.45) is 3.90. The molecule has 1 unspecified atom stereocenters. The average Bonchev–Trinajstić information content (AvgIpc) is 2.87. The third-order valence-corrected chi connectivity index (χ3v) is 3.84. The van der Waals surface area contributed by atoms with E-state index in [1.54, 1.807) is 24.3 Å². The molecule has 1 heterocycles. The van der Waals surface area contributed by atoms with Gasteiger partial charge in [0.1, 0.15) is 12.4 Å². The Morgan fingerprint density at radius 1 is 1.40 bits per heavy atom. The van der Waals surface area contributed by atoms with E-state index < -0.39 is 5.97 Å². The molecular weight excluding hydrogens is 254 g/mol. The Morgan fingerprint density at radius 3 is 2.80 bits per heavy atom. The number of benzene rings is 1. The van der Waals surface area contributed by atoms with Crippen LogP contribution in [0.5, 0.6) is 5.75 Å². The van der Waals surface area contributed by atoms with Gasteiger partial charge in [-0.05, 0) is 49.6 Å². The van der Waals surface area contributed by atoms with Crippen molar-refractivity contribution in [3.63, 3.8) is 0 Å². The van der Waals surface area contributed by atoms with E-state index >= 15 is 0 Å². The maximum absolute atomic E-state index is 10.7. The van der Waals surface area contributed by atoms with Crippen molar-refractivity contribution in [2.75, 3.05) is 26.2 Å². The molecule has 1 aliphatic rings. The zero-order valence-electron chi connectivity index (χ0n) is 12.0. The molecule has 0 saturated carbocycles. The lowest BCUT2D eigenvalue weighted by Crippen LogP contribution is -2.26. The van der Waals surface area contributed by atoms with Crippen LogP contribution in [0.1, 0.15) is 36.5 Å². The van der Waals surface area contributed by atoms with Crippen molar-refractivity contribution in [3.05, 3.63) is 29.8 Å². The molecule has 0 aliphatic carbocycles. The quantitative estimate of drug-likeness (QED) is 0.832. The summed E-state index contributed by atoms with van der Waals surface area (Å²) in [6.45, 7) is 6.21. The molecule has 0 amide bonds. The van der Waals surface area contributed by atoms with Gasteiger partial charge in [0.25, 0.3) is 0 Å². The van der Waals surface area contributed by atoms with Crippen LogP contribution in [-0.2, 0) is 0 Å². The highest BCUT2D eigenvalue weighted by Gasteiger charge is 2.21. The first-order chi connectivity index (χ1) is 9.69. The topological polar surface area (TPSA) is 49.8 Å². The zero-order valence-corrected chi connectivity index (χ0v) is 12.0. The Bertz CT molecular complexity index is 430. The summed E-state index contributed by atoms with van der Waals surface area (Å²) >= 11 is 0. The minimum absolute atomic E-state index is 0.291. The summed E-state index contributed by atoms with van der Waals surface area (Å²) < 4.78 is 5.66. The molecule has 1 atom stereocenters. The summed E-state index contributed by atoms with van der Waals surface area (Å²) in [5.74, 6) is 0.685. The Kier molecular flexibility index (Phi) is 5.41. The van der Waals surface area contributed by atoms with E-state index in [0.717, 1.165) is 18.2 Å². The van der Waals surface area contributed by atoms with Gasteiger partial charge in [0, 0.05) is 13.1 Å². The second-order valence-electron chi connectivity index (χ2n) is 5.42. The Labute approximate surface area is 120 Å². The number of hydrogen-bond donors (Lipinski definition) is 1. The van der Waals surface area contributed by atoms with Crippen molar-refractivity contribution in [2.24, 2.45) is 5.92 Å². The molecule has 20 heavy (non-hydrogen) atoms. The molecule has 110 valence electrons. The minimum Gasteiger partial charge on any atom is -0.492 e. The van der Waals surface area contributed by atoms with Gasteiger partial charge in [0.15, 0.2) is 0 Å². The number of hydrogen-bond acceptors (Lipinski definition) is 3. The Morgan fingerprint density at radius 2 is 2.15 bits per heavy atom. The van der Waals surface area contributed by atoms with Gasteiger partial charge in [0.2, 0.25) is 0 Å². The highest BCUT2D eigenvalue weighted by atomic mass is 16.5. The number of carbonyl (C=O) groups is 1. The van der Waals surface area contributed by atoms with Gasteiger partial charge in [-0.15, -0.1) is 0 Å². The maximum Gasteiger partial charge on any atom is 0.335 e. The summed E-state index contributed by atoms with van der Waals surface area (Å²) in [6, 6.07) is 6.58. The smallest absolute Gasteiger partial charge is 0.335 e. The van der Waals surface area contributed by atoms with Crippen molar-refractivity contribution in [2.45, 2.75) is 26.2 Å². The summed E-state index contributed by atoms with van der Waals surface area (Å²) in [5, 5.41) is 8.82. The molecular formula is C16H23NO3. The molecule has 1 saturated heterocycles. The van der Waals surface area contributed by atoms with Crippen molar-refractivity contribution < 1.29 is 14.6 Å². The van der Waals surface area contributed by atoms with E-state index in [1.165, 1.54) is 32.4 Å². The Balaban J connectivity index is 1.69. The van der Waals surface area contributed by atoms with Gasteiger partial charge in [-0.3, -0.25) is 4.90 Å². The highest BCUT2D eigenvalue weighted by Crippen LogP contribution is 2.20. The predicted octanol–water partition coefficient (Wildman–Crippen LogP) is 2.89. The molecule has 1 fully saturated rings. The summed E-state index contributed by atoms with van der Waals surface area (Å²) in [4.78, 5) is 13.2. The molecule has 4 nitrogen and oxygen atoms in total. The lowest BCUT2D eigenvalue weighted by atomic mass is 10.0. The zero-order chi connectivity index (χ0) is 14.4. The fourth-order valence-electron chi connectivity index (χ4n) is 2.75. The predicted molar refractivity (Wildman–Crippen MR) is 78.4 cm³/mol. The van der Waals surface area contributed by atoms with Crippen molar-refractivity contribution in [1.29, 1.82) is 0 Å². The van der Waals surface area contributed by atoms with Crippen molar-refractivity contribution in [1.82, 2.24) is 4.90 Å². The van der Waals surface area contributed by atoms with E-state index in [9.17, 15) is 4.79 Å². The second kappa shape index (κ2) is 7.29. The number of ether oxygens (including phenoxy) is 1. The summed E-state index contributed by atoms with van der Waals surface area (Å²) in [7, 11) is 0. The molecule has 1 N–H and O–H groups in total. The SMILES string of the molecule is CCCC1CCN(CCOc2ccc(C(=O)O)cc2)C1. The molecule has 0 radical (unpaired) electrons. The molecule has 1 aromatic carbocycles. The first kappa shape index (κ1) is 14.9. The van der Waals surface area contributed by atoms with Gasteiger partial charge >= 0.3 is 5.97 Å². The fourth-order valence-corrected chi connectivity index (χ4v) is 2.75. The molecule has 0 bridgehead atoms. The number of likely N-dealkylation sites (tertiary alicyclic amines) is 1. The number of carboxylic acids is 1. The van der Waals surface area contributed by atoms with Crippen LogP contribution in [-0.4, -0.2) is 42.2 Å². The molecule has 0 aromatic heterocycles. The number of carboxylic acid groups (broad SMARTS) is 1. The van der Waals surface area contributed by atoms with Crippen molar-refractivity contribution in [3.8, 4) is 5.75 Å². The van der Waals surface area contributed by atoms with E-state index in [-0.39, 0.29) is 0 Å². The minimum atomic E-state index is -0.907.